The van der Waals surface area contributed by atoms with E-state index in [-0.39, 0.29) is 12.5 Å². The smallest absolute Gasteiger partial charge is 0.244 e. The molecule has 0 aliphatic heterocycles. The highest BCUT2D eigenvalue weighted by atomic mass is 32.2. The zero-order chi connectivity index (χ0) is 26.2. The van der Waals surface area contributed by atoms with Crippen molar-refractivity contribution < 1.29 is 18.0 Å². The lowest BCUT2D eigenvalue weighted by Crippen LogP contribution is -2.51. The van der Waals surface area contributed by atoms with Crippen LogP contribution in [0.3, 0.4) is 0 Å². The van der Waals surface area contributed by atoms with Crippen LogP contribution in [0.5, 0.6) is 0 Å². The third-order valence-electron chi connectivity index (χ3n) is 6.00. The minimum atomic E-state index is -3.74. The molecule has 0 bridgehead atoms. The van der Waals surface area contributed by atoms with Gasteiger partial charge < -0.3 is 10.2 Å². The number of carbonyl (C=O) groups excluding carboxylic acids is 2. The molecule has 0 aliphatic rings. The molecule has 1 atom stereocenters. The number of rotatable bonds is 12. The van der Waals surface area contributed by atoms with Gasteiger partial charge in [-0.2, -0.15) is 0 Å². The minimum Gasteiger partial charge on any atom is -0.354 e. The van der Waals surface area contributed by atoms with E-state index in [4.69, 9.17) is 0 Å². The van der Waals surface area contributed by atoms with E-state index in [1.807, 2.05) is 50.2 Å². The van der Waals surface area contributed by atoms with Gasteiger partial charge in [0.25, 0.3) is 0 Å². The fraction of sp³-hybridized carbons (Fsp3) is 0.481. The molecule has 0 radical (unpaired) electrons. The van der Waals surface area contributed by atoms with Gasteiger partial charge in [-0.3, -0.25) is 13.9 Å². The normalized spacial score (nSPS) is 12.3. The van der Waals surface area contributed by atoms with Crippen LogP contribution in [0.2, 0.25) is 0 Å². The molecule has 0 fully saturated rings. The maximum absolute atomic E-state index is 13.5. The zero-order valence-corrected chi connectivity index (χ0v) is 22.6. The summed E-state index contributed by atoms with van der Waals surface area (Å²) in [6.07, 6.45) is 2.88. The summed E-state index contributed by atoms with van der Waals surface area (Å²) in [5.41, 5.74) is 3.45. The van der Waals surface area contributed by atoms with Gasteiger partial charge >= 0.3 is 0 Å². The SMILES string of the molecule is CCCCNC(=O)[C@@H](C)N(Cc1ccc(C)cc1)C(=O)CN(c1ccc(C(C)C)cc1)S(C)(=O)=O. The van der Waals surface area contributed by atoms with Crippen LogP contribution in [0.1, 0.15) is 63.1 Å². The topological polar surface area (TPSA) is 86.8 Å². The number of sulfonamides is 1. The van der Waals surface area contributed by atoms with E-state index in [1.54, 1.807) is 19.1 Å². The Kier molecular flexibility index (Phi) is 10.3. The molecule has 2 aromatic rings. The first-order valence-corrected chi connectivity index (χ1v) is 14.0. The lowest BCUT2D eigenvalue weighted by atomic mass is 10.0. The Balaban J connectivity index is 2.34. The molecule has 0 unspecified atom stereocenters. The molecule has 2 amide bonds. The average Bonchev–Trinajstić information content (AvgIpc) is 2.81. The van der Waals surface area contributed by atoms with E-state index in [0.717, 1.165) is 40.1 Å². The van der Waals surface area contributed by atoms with Crippen LogP contribution in [-0.4, -0.2) is 50.5 Å². The quantitative estimate of drug-likeness (QED) is 0.441. The number of anilines is 1. The molecule has 0 aromatic heterocycles. The fourth-order valence-corrected chi connectivity index (χ4v) is 4.50. The predicted molar refractivity (Wildman–Crippen MR) is 142 cm³/mol. The van der Waals surface area contributed by atoms with Gasteiger partial charge in [-0.1, -0.05) is 69.2 Å². The molecule has 7 nitrogen and oxygen atoms in total. The van der Waals surface area contributed by atoms with Crippen LogP contribution in [0, 0.1) is 6.92 Å². The second-order valence-electron chi connectivity index (χ2n) is 9.34. The largest absolute Gasteiger partial charge is 0.354 e. The van der Waals surface area contributed by atoms with Gasteiger partial charge in [0.15, 0.2) is 0 Å². The first kappa shape index (κ1) is 28.4. The summed E-state index contributed by atoms with van der Waals surface area (Å²) in [5.74, 6) is -0.400. The molecule has 192 valence electrons. The Morgan fingerprint density at radius 2 is 1.57 bits per heavy atom. The highest BCUT2D eigenvalue weighted by Gasteiger charge is 2.30. The van der Waals surface area contributed by atoms with Gasteiger partial charge in [-0.05, 0) is 49.4 Å². The van der Waals surface area contributed by atoms with Crippen molar-refractivity contribution in [1.29, 1.82) is 0 Å². The third kappa shape index (κ3) is 8.38. The third-order valence-corrected chi connectivity index (χ3v) is 7.14. The number of nitrogens with one attached hydrogen (secondary N) is 1. The Morgan fingerprint density at radius 1 is 0.971 bits per heavy atom. The van der Waals surface area contributed by atoms with Gasteiger partial charge in [0, 0.05) is 13.1 Å². The van der Waals surface area contributed by atoms with E-state index >= 15 is 0 Å². The van der Waals surface area contributed by atoms with Crippen LogP contribution in [0.4, 0.5) is 5.69 Å². The van der Waals surface area contributed by atoms with Crippen LogP contribution in [0.15, 0.2) is 48.5 Å². The fourth-order valence-electron chi connectivity index (χ4n) is 3.65. The lowest BCUT2D eigenvalue weighted by Gasteiger charge is -2.31. The van der Waals surface area contributed by atoms with Crippen LogP contribution in [0.25, 0.3) is 0 Å². The van der Waals surface area contributed by atoms with E-state index in [1.165, 1.54) is 4.90 Å². The van der Waals surface area contributed by atoms with Gasteiger partial charge in [0.2, 0.25) is 21.8 Å². The summed E-state index contributed by atoms with van der Waals surface area (Å²) < 4.78 is 26.4. The summed E-state index contributed by atoms with van der Waals surface area (Å²) in [7, 11) is -3.74. The number of aryl methyl sites for hydroxylation is 1. The first-order valence-electron chi connectivity index (χ1n) is 12.1. The monoisotopic (exact) mass is 501 g/mol. The Morgan fingerprint density at radius 3 is 2.09 bits per heavy atom. The number of hydrogen-bond acceptors (Lipinski definition) is 4. The molecule has 2 rings (SSSR count). The molecule has 0 saturated carbocycles. The molecule has 0 saturated heterocycles. The van der Waals surface area contributed by atoms with Gasteiger partial charge in [-0.25, -0.2) is 8.42 Å². The number of amides is 2. The van der Waals surface area contributed by atoms with Crippen molar-refractivity contribution in [1.82, 2.24) is 10.2 Å². The summed E-state index contributed by atoms with van der Waals surface area (Å²) in [6.45, 7) is 10.1. The van der Waals surface area contributed by atoms with Crippen molar-refractivity contribution in [2.75, 3.05) is 23.7 Å². The molecule has 35 heavy (non-hydrogen) atoms. The summed E-state index contributed by atoms with van der Waals surface area (Å²) in [5, 5.41) is 2.88. The van der Waals surface area contributed by atoms with Crippen molar-refractivity contribution in [2.45, 2.75) is 66.0 Å². The Bertz CT molecular complexity index is 1080. The Hall–Kier alpha value is -2.87. The number of hydrogen-bond donors (Lipinski definition) is 1. The van der Waals surface area contributed by atoms with E-state index in [9.17, 15) is 18.0 Å². The van der Waals surface area contributed by atoms with Gasteiger partial charge in [0.1, 0.15) is 12.6 Å². The molecule has 1 N–H and O–H groups in total. The summed E-state index contributed by atoms with van der Waals surface area (Å²) >= 11 is 0. The summed E-state index contributed by atoms with van der Waals surface area (Å²) in [4.78, 5) is 27.8. The maximum atomic E-state index is 13.5. The standard InChI is InChI=1S/C27H39N3O4S/c1-7-8-17-28-27(32)22(5)29(18-23-11-9-21(4)10-12-23)26(31)19-30(35(6,33)34)25-15-13-24(14-16-25)20(2)3/h9-16,20,22H,7-8,17-19H2,1-6H3,(H,28,32)/t22-/m1/s1. The van der Waals surface area contributed by atoms with Crippen molar-refractivity contribution >= 4 is 27.5 Å². The highest BCUT2D eigenvalue weighted by Crippen LogP contribution is 2.23. The predicted octanol–water partition coefficient (Wildman–Crippen LogP) is 4.22. The summed E-state index contributed by atoms with van der Waals surface area (Å²) in [6, 6.07) is 14.1. The minimum absolute atomic E-state index is 0.200. The second kappa shape index (κ2) is 12.7. The molecule has 8 heteroatoms. The zero-order valence-electron chi connectivity index (χ0n) is 21.7. The second-order valence-corrected chi connectivity index (χ2v) is 11.3. The highest BCUT2D eigenvalue weighted by molar-refractivity contribution is 7.92. The van der Waals surface area contributed by atoms with E-state index in [0.29, 0.717) is 18.2 Å². The molecule has 0 heterocycles. The molecular formula is C27H39N3O4S. The van der Waals surface area contributed by atoms with Crippen LogP contribution < -0.4 is 9.62 Å². The maximum Gasteiger partial charge on any atom is 0.244 e. The number of nitrogens with zero attached hydrogens (tertiary/aromatic N) is 2. The van der Waals surface area contributed by atoms with E-state index < -0.39 is 28.5 Å². The Labute approximate surface area is 210 Å². The van der Waals surface area contributed by atoms with Crippen molar-refractivity contribution in [3.63, 3.8) is 0 Å². The number of unbranched alkanes of at least 4 members (excludes halogenated alkanes) is 1. The average molecular weight is 502 g/mol. The van der Waals surface area contributed by atoms with Crippen molar-refractivity contribution in [3.05, 3.63) is 65.2 Å². The molecule has 0 spiro atoms. The number of benzene rings is 2. The van der Waals surface area contributed by atoms with Crippen LogP contribution in [-0.2, 0) is 26.2 Å². The van der Waals surface area contributed by atoms with Gasteiger partial charge in [-0.15, -0.1) is 0 Å². The molecular weight excluding hydrogens is 462 g/mol. The van der Waals surface area contributed by atoms with Crippen molar-refractivity contribution in [3.8, 4) is 0 Å². The number of carbonyl (C=O) groups is 2. The first-order chi connectivity index (χ1) is 16.4. The lowest BCUT2D eigenvalue weighted by molar-refractivity contribution is -0.139. The van der Waals surface area contributed by atoms with Crippen molar-refractivity contribution in [2.24, 2.45) is 0 Å². The van der Waals surface area contributed by atoms with E-state index in [2.05, 4.69) is 19.2 Å². The molecule has 0 aliphatic carbocycles. The van der Waals surface area contributed by atoms with Crippen LogP contribution >= 0.6 is 0 Å². The van der Waals surface area contributed by atoms with Gasteiger partial charge in [0.05, 0.1) is 11.9 Å². The molecule has 2 aromatic carbocycles.